The lowest BCUT2D eigenvalue weighted by Crippen LogP contribution is -2.11. The molecule has 0 radical (unpaired) electrons. The molecule has 0 amide bonds. The number of H-pyrrole nitrogens is 1. The third-order valence-corrected chi connectivity index (χ3v) is 4.20. The molecule has 3 heterocycles. The zero-order valence-electron chi connectivity index (χ0n) is 13.7. The number of para-hydroxylation sites is 1. The van der Waals surface area contributed by atoms with Crippen LogP contribution in [0.2, 0.25) is 0 Å². The van der Waals surface area contributed by atoms with Crippen LogP contribution in [0.3, 0.4) is 0 Å². The van der Waals surface area contributed by atoms with Crippen molar-refractivity contribution in [3.63, 3.8) is 0 Å². The number of aromatic amines is 1. The van der Waals surface area contributed by atoms with Gasteiger partial charge in [-0.15, -0.1) is 0 Å². The molecule has 1 aromatic carbocycles. The van der Waals surface area contributed by atoms with Gasteiger partial charge in [-0.1, -0.05) is 18.2 Å². The Morgan fingerprint density at radius 1 is 1.21 bits per heavy atom. The molecule has 0 fully saturated rings. The van der Waals surface area contributed by atoms with Crippen molar-refractivity contribution in [2.24, 2.45) is 7.05 Å². The van der Waals surface area contributed by atoms with Crippen LogP contribution in [0.25, 0.3) is 10.9 Å². The molecular weight excluding hydrogens is 298 g/mol. The van der Waals surface area contributed by atoms with Gasteiger partial charge in [0.05, 0.1) is 12.2 Å². The molecule has 4 aromatic rings. The first kappa shape index (κ1) is 14.5. The zero-order chi connectivity index (χ0) is 16.5. The Hall–Kier alpha value is -3.08. The molecule has 4 rings (SSSR count). The van der Waals surface area contributed by atoms with Gasteiger partial charge < -0.3 is 10.3 Å². The van der Waals surface area contributed by atoms with E-state index in [-0.39, 0.29) is 6.04 Å². The molecule has 120 valence electrons. The molecule has 0 saturated heterocycles. The monoisotopic (exact) mass is 317 g/mol. The van der Waals surface area contributed by atoms with Crippen LogP contribution in [-0.2, 0) is 7.05 Å². The van der Waals surface area contributed by atoms with Gasteiger partial charge in [-0.25, -0.2) is 0 Å². The highest BCUT2D eigenvalue weighted by Gasteiger charge is 2.19. The Labute approximate surface area is 140 Å². The minimum atomic E-state index is 0.0108. The third-order valence-electron chi connectivity index (χ3n) is 4.20. The van der Waals surface area contributed by atoms with Crippen molar-refractivity contribution in [3.05, 3.63) is 78.0 Å². The Balaban J connectivity index is 1.81. The average Bonchev–Trinajstić information content (AvgIpc) is 3.19. The molecule has 0 saturated carbocycles. The van der Waals surface area contributed by atoms with Crippen LogP contribution in [0.5, 0.6) is 0 Å². The average molecular weight is 317 g/mol. The zero-order valence-corrected chi connectivity index (χ0v) is 13.7. The highest BCUT2D eigenvalue weighted by molar-refractivity contribution is 5.84. The largest absolute Gasteiger partial charge is 0.374 e. The number of anilines is 1. The fraction of sp³-hybridized carbons (Fsp3) is 0.158. The summed E-state index contributed by atoms with van der Waals surface area (Å²) in [5.74, 6) is 0. The Morgan fingerprint density at radius 2 is 2.08 bits per heavy atom. The number of benzene rings is 1. The van der Waals surface area contributed by atoms with Gasteiger partial charge in [-0.2, -0.15) is 5.10 Å². The molecule has 2 N–H and O–H groups in total. The molecule has 3 aromatic heterocycles. The first-order valence-electron chi connectivity index (χ1n) is 7.94. The van der Waals surface area contributed by atoms with Crippen LogP contribution in [0.1, 0.15) is 22.9 Å². The molecule has 1 atom stereocenters. The molecule has 0 spiro atoms. The van der Waals surface area contributed by atoms with E-state index in [0.717, 1.165) is 22.5 Å². The van der Waals surface area contributed by atoms with Crippen molar-refractivity contribution in [1.82, 2.24) is 19.7 Å². The van der Waals surface area contributed by atoms with Crippen LogP contribution in [0, 0.1) is 6.92 Å². The van der Waals surface area contributed by atoms with Crippen LogP contribution in [0.15, 0.2) is 61.2 Å². The van der Waals surface area contributed by atoms with Gasteiger partial charge in [0, 0.05) is 59.0 Å². The summed E-state index contributed by atoms with van der Waals surface area (Å²) in [5.41, 5.74) is 5.49. The second kappa shape index (κ2) is 5.85. The minimum Gasteiger partial charge on any atom is -0.374 e. The molecule has 5 nitrogen and oxygen atoms in total. The lowest BCUT2D eigenvalue weighted by atomic mass is 10.0. The van der Waals surface area contributed by atoms with Crippen LogP contribution < -0.4 is 5.32 Å². The van der Waals surface area contributed by atoms with Gasteiger partial charge in [0.25, 0.3) is 0 Å². The van der Waals surface area contributed by atoms with Crippen LogP contribution in [-0.4, -0.2) is 19.7 Å². The van der Waals surface area contributed by atoms with Crippen molar-refractivity contribution >= 4 is 16.6 Å². The number of nitrogens with zero attached hydrogens (tertiary/aromatic N) is 3. The number of aromatic nitrogens is 4. The molecular formula is C19H19N5. The first-order valence-corrected chi connectivity index (χ1v) is 7.94. The van der Waals surface area contributed by atoms with E-state index in [1.807, 2.05) is 49.4 Å². The molecule has 24 heavy (non-hydrogen) atoms. The third kappa shape index (κ3) is 2.65. The van der Waals surface area contributed by atoms with E-state index in [1.165, 1.54) is 10.9 Å². The van der Waals surface area contributed by atoms with Crippen molar-refractivity contribution in [2.75, 3.05) is 5.32 Å². The summed E-state index contributed by atoms with van der Waals surface area (Å²) < 4.78 is 1.83. The fourth-order valence-electron chi connectivity index (χ4n) is 3.06. The number of pyridine rings is 1. The van der Waals surface area contributed by atoms with E-state index in [4.69, 9.17) is 0 Å². The number of hydrogen-bond donors (Lipinski definition) is 2. The smallest absolute Gasteiger partial charge is 0.0818 e. The second-order valence-electron chi connectivity index (χ2n) is 6.00. The maximum absolute atomic E-state index is 4.34. The molecule has 1 unspecified atom stereocenters. The lowest BCUT2D eigenvalue weighted by Gasteiger charge is -2.19. The lowest BCUT2D eigenvalue weighted by molar-refractivity contribution is 0.766. The number of hydrogen-bond acceptors (Lipinski definition) is 3. The van der Waals surface area contributed by atoms with Crippen molar-refractivity contribution in [2.45, 2.75) is 13.0 Å². The predicted molar refractivity (Wildman–Crippen MR) is 95.9 cm³/mol. The molecule has 5 heteroatoms. The summed E-state index contributed by atoms with van der Waals surface area (Å²) in [6, 6.07) is 12.4. The number of rotatable bonds is 4. The topological polar surface area (TPSA) is 58.5 Å². The van der Waals surface area contributed by atoms with E-state index in [2.05, 4.69) is 50.8 Å². The maximum Gasteiger partial charge on any atom is 0.0818 e. The van der Waals surface area contributed by atoms with Crippen molar-refractivity contribution < 1.29 is 0 Å². The van der Waals surface area contributed by atoms with E-state index < -0.39 is 0 Å². The quantitative estimate of drug-likeness (QED) is 0.602. The standard InChI is InChI=1S/C19H19N5/c1-13-9-15(7-8-20-13)23-19(14-10-22-24(2)12-14)17-11-21-18-6-4-3-5-16(17)18/h3-12,19,21H,1-2H3,(H,20,23). The molecule has 0 bridgehead atoms. The summed E-state index contributed by atoms with van der Waals surface area (Å²) in [7, 11) is 1.94. The normalized spacial score (nSPS) is 12.4. The van der Waals surface area contributed by atoms with Crippen LogP contribution >= 0.6 is 0 Å². The van der Waals surface area contributed by atoms with E-state index in [1.54, 1.807) is 0 Å². The molecule has 0 aliphatic carbocycles. The number of fused-ring (bicyclic) bond motifs is 1. The fourth-order valence-corrected chi connectivity index (χ4v) is 3.06. The van der Waals surface area contributed by atoms with E-state index in [9.17, 15) is 0 Å². The Kier molecular flexibility index (Phi) is 3.54. The molecule has 0 aliphatic rings. The second-order valence-corrected chi connectivity index (χ2v) is 6.00. The van der Waals surface area contributed by atoms with Gasteiger partial charge in [-0.05, 0) is 25.1 Å². The Morgan fingerprint density at radius 3 is 2.88 bits per heavy atom. The Bertz CT molecular complexity index is 982. The van der Waals surface area contributed by atoms with Gasteiger partial charge in [0.1, 0.15) is 0 Å². The van der Waals surface area contributed by atoms with Gasteiger partial charge >= 0.3 is 0 Å². The van der Waals surface area contributed by atoms with Crippen molar-refractivity contribution in [3.8, 4) is 0 Å². The summed E-state index contributed by atoms with van der Waals surface area (Å²) in [6.07, 6.45) is 7.86. The summed E-state index contributed by atoms with van der Waals surface area (Å²) in [5, 5.41) is 9.18. The van der Waals surface area contributed by atoms with E-state index in [0.29, 0.717) is 0 Å². The van der Waals surface area contributed by atoms with Gasteiger partial charge in [0.2, 0.25) is 0 Å². The highest BCUT2D eigenvalue weighted by atomic mass is 15.2. The van der Waals surface area contributed by atoms with Crippen LogP contribution in [0.4, 0.5) is 5.69 Å². The SMILES string of the molecule is Cc1cc(NC(c2cnn(C)c2)c2c[nH]c3ccccc23)ccn1. The summed E-state index contributed by atoms with van der Waals surface area (Å²) >= 11 is 0. The van der Waals surface area contributed by atoms with Crippen molar-refractivity contribution in [1.29, 1.82) is 0 Å². The number of nitrogens with one attached hydrogen (secondary N) is 2. The summed E-state index contributed by atoms with van der Waals surface area (Å²) in [4.78, 5) is 7.64. The highest BCUT2D eigenvalue weighted by Crippen LogP contribution is 2.31. The minimum absolute atomic E-state index is 0.0108. The predicted octanol–water partition coefficient (Wildman–Crippen LogP) is 3.81. The van der Waals surface area contributed by atoms with Gasteiger partial charge in [-0.3, -0.25) is 9.67 Å². The number of aryl methyl sites for hydroxylation is 2. The summed E-state index contributed by atoms with van der Waals surface area (Å²) in [6.45, 7) is 2.00. The first-order chi connectivity index (χ1) is 11.7. The maximum atomic E-state index is 4.34. The van der Waals surface area contributed by atoms with Gasteiger partial charge in [0.15, 0.2) is 0 Å². The van der Waals surface area contributed by atoms with E-state index >= 15 is 0 Å². The molecule has 0 aliphatic heterocycles.